The van der Waals surface area contributed by atoms with Gasteiger partial charge in [-0.1, -0.05) is 59.6 Å². The van der Waals surface area contributed by atoms with E-state index in [2.05, 4.69) is 48.2 Å². The molecule has 0 aliphatic carbocycles. The minimum Gasteiger partial charge on any atom is -0.492 e. The lowest BCUT2D eigenvalue weighted by molar-refractivity contribution is 0.0322. The van der Waals surface area contributed by atoms with Gasteiger partial charge in [0.25, 0.3) is 0 Å². The Balaban J connectivity index is 1.56. The Morgan fingerprint density at radius 2 is 1.28 bits per heavy atom. The number of hydrogen-bond acceptors (Lipinski definition) is 3. The van der Waals surface area contributed by atoms with Crippen LogP contribution < -0.4 is 4.74 Å². The van der Waals surface area contributed by atoms with Crippen molar-refractivity contribution < 1.29 is 9.47 Å². The van der Waals surface area contributed by atoms with Crippen molar-refractivity contribution in [3.8, 4) is 5.75 Å². The molecule has 166 valence electrons. The zero-order valence-electron chi connectivity index (χ0n) is 18.2. The smallest absolute Gasteiger partial charge is 0.119 e. The molecule has 1 heterocycles. The molecular weight excluding hydrogens is 441 g/mol. The van der Waals surface area contributed by atoms with E-state index in [1.165, 1.54) is 5.57 Å². The number of halogens is 2. The van der Waals surface area contributed by atoms with Crippen LogP contribution in [-0.2, 0) is 4.74 Å². The van der Waals surface area contributed by atoms with E-state index in [1.54, 1.807) is 0 Å². The van der Waals surface area contributed by atoms with Gasteiger partial charge in [-0.25, -0.2) is 0 Å². The minimum atomic E-state index is 0.670. The average molecular weight is 468 g/mol. The third-order valence-electron chi connectivity index (χ3n) is 5.71. The predicted octanol–water partition coefficient (Wildman–Crippen LogP) is 6.68. The Bertz CT molecular complexity index is 1040. The maximum Gasteiger partial charge on any atom is 0.119 e. The first-order valence-electron chi connectivity index (χ1n) is 10.9. The summed E-state index contributed by atoms with van der Waals surface area (Å²) in [5.74, 6) is 0.876. The van der Waals surface area contributed by atoms with Crippen LogP contribution in [0.3, 0.4) is 0 Å². The van der Waals surface area contributed by atoms with Gasteiger partial charge in [-0.05, 0) is 71.2 Å². The third-order valence-corrected chi connectivity index (χ3v) is 6.21. The average Bonchev–Trinajstić information content (AvgIpc) is 2.82. The molecule has 32 heavy (non-hydrogen) atoms. The van der Waals surface area contributed by atoms with E-state index in [-0.39, 0.29) is 0 Å². The van der Waals surface area contributed by atoms with Crippen molar-refractivity contribution in [3.63, 3.8) is 0 Å². The molecule has 1 fully saturated rings. The van der Waals surface area contributed by atoms with Gasteiger partial charge >= 0.3 is 0 Å². The summed E-state index contributed by atoms with van der Waals surface area (Å²) in [5, 5.41) is 1.45. The van der Waals surface area contributed by atoms with Crippen LogP contribution in [0.5, 0.6) is 5.75 Å². The van der Waals surface area contributed by atoms with Crippen LogP contribution in [-0.4, -0.2) is 44.4 Å². The first kappa shape index (κ1) is 22.9. The number of hydrogen-bond donors (Lipinski definition) is 0. The highest BCUT2D eigenvalue weighted by Crippen LogP contribution is 2.34. The fourth-order valence-corrected chi connectivity index (χ4v) is 4.15. The van der Waals surface area contributed by atoms with Gasteiger partial charge in [-0.15, -0.1) is 0 Å². The van der Waals surface area contributed by atoms with Gasteiger partial charge in [0.2, 0.25) is 0 Å². The Morgan fingerprint density at radius 1 is 0.781 bits per heavy atom. The molecule has 0 N–H and O–H groups in total. The second-order valence-electron chi connectivity index (χ2n) is 7.84. The van der Waals surface area contributed by atoms with Crippen molar-refractivity contribution in [2.24, 2.45) is 0 Å². The summed E-state index contributed by atoms with van der Waals surface area (Å²) in [6.45, 7) is 7.28. The quantitative estimate of drug-likeness (QED) is 0.361. The number of allylic oxidation sites excluding steroid dienone is 1. The zero-order valence-corrected chi connectivity index (χ0v) is 19.7. The summed E-state index contributed by atoms with van der Waals surface area (Å²) >= 11 is 12.2. The third kappa shape index (κ3) is 5.93. The molecule has 1 aliphatic heterocycles. The molecule has 3 aromatic rings. The molecule has 0 saturated carbocycles. The largest absolute Gasteiger partial charge is 0.492 e. The summed E-state index contributed by atoms with van der Waals surface area (Å²) in [6.07, 6.45) is 0. The fraction of sp³-hybridized carbons (Fsp3) is 0.259. The SMILES string of the molecule is C/C(=C(/c1ccc(Cl)cc1)c1ccc(OCCN2CCOCC2)cc1)c1ccc(Cl)cc1. The first-order valence-corrected chi connectivity index (χ1v) is 11.6. The van der Waals surface area contributed by atoms with Gasteiger partial charge in [0.1, 0.15) is 12.4 Å². The molecule has 3 nitrogen and oxygen atoms in total. The summed E-state index contributed by atoms with van der Waals surface area (Å²) in [5.41, 5.74) is 5.70. The Morgan fingerprint density at radius 3 is 1.84 bits per heavy atom. The predicted molar refractivity (Wildman–Crippen MR) is 134 cm³/mol. The number of rotatable bonds is 7. The Kier molecular flexibility index (Phi) is 7.88. The lowest BCUT2D eigenvalue weighted by Gasteiger charge is -2.26. The van der Waals surface area contributed by atoms with Crippen LogP contribution in [0, 0.1) is 0 Å². The van der Waals surface area contributed by atoms with Gasteiger partial charge in [0.05, 0.1) is 13.2 Å². The topological polar surface area (TPSA) is 21.7 Å². The standard InChI is InChI=1S/C27H27Cl2NO2/c1-20(21-2-8-24(28)9-3-21)27(22-4-10-25(29)11-5-22)23-6-12-26(13-7-23)32-19-16-30-14-17-31-18-15-30/h2-13H,14-19H2,1H3/b27-20+. The van der Waals surface area contributed by atoms with Crippen molar-refractivity contribution in [3.05, 3.63) is 99.5 Å². The molecule has 3 aromatic carbocycles. The first-order chi connectivity index (χ1) is 15.6. The molecule has 1 saturated heterocycles. The Hall–Kier alpha value is -2.30. The number of ether oxygens (including phenoxy) is 2. The zero-order chi connectivity index (χ0) is 22.3. The van der Waals surface area contributed by atoms with E-state index in [4.69, 9.17) is 32.7 Å². The van der Waals surface area contributed by atoms with Gasteiger partial charge in [0, 0.05) is 29.7 Å². The van der Waals surface area contributed by atoms with E-state index in [0.29, 0.717) is 6.61 Å². The maximum atomic E-state index is 6.14. The summed E-state index contributed by atoms with van der Waals surface area (Å²) in [7, 11) is 0. The molecule has 0 spiro atoms. The van der Waals surface area contributed by atoms with Gasteiger partial charge in [-0.3, -0.25) is 4.90 Å². The van der Waals surface area contributed by atoms with Crippen molar-refractivity contribution >= 4 is 34.3 Å². The number of benzene rings is 3. The molecular formula is C27H27Cl2NO2. The molecule has 0 radical (unpaired) electrons. The molecule has 4 rings (SSSR count). The summed E-state index contributed by atoms with van der Waals surface area (Å²) < 4.78 is 11.4. The molecule has 0 aromatic heterocycles. The molecule has 5 heteroatoms. The highest BCUT2D eigenvalue weighted by atomic mass is 35.5. The second-order valence-corrected chi connectivity index (χ2v) is 8.71. The molecule has 0 atom stereocenters. The monoisotopic (exact) mass is 467 g/mol. The molecule has 1 aliphatic rings. The van der Waals surface area contributed by atoms with Crippen molar-refractivity contribution in [1.82, 2.24) is 4.90 Å². The van der Waals surface area contributed by atoms with E-state index in [0.717, 1.165) is 70.9 Å². The van der Waals surface area contributed by atoms with E-state index in [9.17, 15) is 0 Å². The fourth-order valence-electron chi connectivity index (χ4n) is 3.90. The van der Waals surface area contributed by atoms with E-state index >= 15 is 0 Å². The summed E-state index contributed by atoms with van der Waals surface area (Å²) in [4.78, 5) is 2.37. The van der Waals surface area contributed by atoms with Gasteiger partial charge in [-0.2, -0.15) is 0 Å². The van der Waals surface area contributed by atoms with E-state index in [1.807, 2.05) is 36.4 Å². The molecule has 0 amide bonds. The second kappa shape index (κ2) is 11.0. The van der Waals surface area contributed by atoms with Crippen LogP contribution >= 0.6 is 23.2 Å². The number of nitrogens with zero attached hydrogens (tertiary/aromatic N) is 1. The van der Waals surface area contributed by atoms with Crippen LogP contribution in [0.25, 0.3) is 11.1 Å². The van der Waals surface area contributed by atoms with Gasteiger partial charge in [0.15, 0.2) is 0 Å². The van der Waals surface area contributed by atoms with Crippen LogP contribution in [0.2, 0.25) is 10.0 Å². The van der Waals surface area contributed by atoms with Crippen molar-refractivity contribution in [1.29, 1.82) is 0 Å². The number of morpholine rings is 1. The molecule has 0 unspecified atom stereocenters. The van der Waals surface area contributed by atoms with Crippen LogP contribution in [0.4, 0.5) is 0 Å². The van der Waals surface area contributed by atoms with E-state index < -0.39 is 0 Å². The lowest BCUT2D eigenvalue weighted by Crippen LogP contribution is -2.38. The van der Waals surface area contributed by atoms with Crippen molar-refractivity contribution in [2.45, 2.75) is 6.92 Å². The van der Waals surface area contributed by atoms with Gasteiger partial charge < -0.3 is 9.47 Å². The lowest BCUT2D eigenvalue weighted by atomic mass is 9.90. The highest BCUT2D eigenvalue weighted by molar-refractivity contribution is 6.31. The summed E-state index contributed by atoms with van der Waals surface area (Å²) in [6, 6.07) is 24.2. The maximum absolute atomic E-state index is 6.14. The normalized spacial score (nSPS) is 15.3. The van der Waals surface area contributed by atoms with Crippen molar-refractivity contribution in [2.75, 3.05) is 39.5 Å². The molecule has 0 bridgehead atoms. The highest BCUT2D eigenvalue weighted by Gasteiger charge is 2.13. The van der Waals surface area contributed by atoms with Crippen LogP contribution in [0.15, 0.2) is 72.8 Å². The Labute approximate surface area is 200 Å². The van der Waals surface area contributed by atoms with Crippen LogP contribution in [0.1, 0.15) is 23.6 Å². The minimum absolute atomic E-state index is 0.670.